The summed E-state index contributed by atoms with van der Waals surface area (Å²) in [7, 11) is 0. The van der Waals surface area contributed by atoms with Crippen LogP contribution in [0.4, 0.5) is 0 Å². The van der Waals surface area contributed by atoms with Gasteiger partial charge >= 0.3 is 5.97 Å². The van der Waals surface area contributed by atoms with E-state index in [0.717, 1.165) is 11.1 Å². The molecule has 1 aromatic rings. The molecule has 0 amide bonds. The van der Waals surface area contributed by atoms with Gasteiger partial charge < -0.3 is 5.11 Å². The molecule has 0 fully saturated rings. The number of carboxylic acid groups (broad SMARTS) is 1. The maximum Gasteiger partial charge on any atom is 0.328 e. The van der Waals surface area contributed by atoms with E-state index in [4.69, 9.17) is 5.11 Å². The summed E-state index contributed by atoms with van der Waals surface area (Å²) in [6, 6.07) is 10.3. The number of rotatable bonds is 6. The van der Waals surface area contributed by atoms with Crippen molar-refractivity contribution in [2.24, 2.45) is 5.41 Å². The number of benzene rings is 1. The first kappa shape index (κ1) is 20.7. The molecule has 2 rings (SSSR count). The van der Waals surface area contributed by atoms with Gasteiger partial charge in [-0.1, -0.05) is 80.1 Å². The zero-order valence-electron chi connectivity index (χ0n) is 16.8. The van der Waals surface area contributed by atoms with Crippen LogP contribution in [0.15, 0.2) is 83.5 Å². The van der Waals surface area contributed by atoms with Crippen molar-refractivity contribution in [1.82, 2.24) is 0 Å². The van der Waals surface area contributed by atoms with Crippen molar-refractivity contribution in [3.05, 3.63) is 89.1 Å². The zero-order chi connectivity index (χ0) is 19.9. The Morgan fingerprint density at radius 2 is 1.85 bits per heavy atom. The van der Waals surface area contributed by atoms with Gasteiger partial charge in [-0.15, -0.1) is 0 Å². The van der Waals surface area contributed by atoms with Gasteiger partial charge in [0.25, 0.3) is 0 Å². The maximum atomic E-state index is 10.8. The molecule has 1 aliphatic rings. The Morgan fingerprint density at radius 3 is 2.48 bits per heavy atom. The Bertz CT molecular complexity index is 815. The van der Waals surface area contributed by atoms with Crippen LogP contribution >= 0.6 is 0 Å². The monoisotopic (exact) mass is 362 g/mol. The second-order valence-corrected chi connectivity index (χ2v) is 7.84. The van der Waals surface area contributed by atoms with Crippen molar-refractivity contribution in [2.45, 2.75) is 47.0 Å². The van der Waals surface area contributed by atoms with Crippen molar-refractivity contribution in [1.29, 1.82) is 0 Å². The van der Waals surface area contributed by atoms with Gasteiger partial charge in [-0.3, -0.25) is 0 Å². The lowest BCUT2D eigenvalue weighted by molar-refractivity contribution is -0.131. The van der Waals surface area contributed by atoms with Crippen LogP contribution in [0.3, 0.4) is 0 Å². The second-order valence-electron chi connectivity index (χ2n) is 7.84. The third-order valence-corrected chi connectivity index (χ3v) is 5.07. The Kier molecular flexibility index (Phi) is 7.18. The minimum Gasteiger partial charge on any atom is -0.478 e. The number of carboxylic acids is 1. The highest BCUT2D eigenvalue weighted by Gasteiger charge is 2.26. The number of aliphatic carboxylic acids is 1. The second kappa shape index (κ2) is 9.36. The number of hydrogen-bond donors (Lipinski definition) is 1. The first-order valence-electron chi connectivity index (χ1n) is 9.53. The fourth-order valence-electron chi connectivity index (χ4n) is 3.61. The molecule has 1 aromatic carbocycles. The topological polar surface area (TPSA) is 37.3 Å². The van der Waals surface area contributed by atoms with E-state index in [2.05, 4.69) is 45.1 Å². The molecule has 0 spiro atoms. The highest BCUT2D eigenvalue weighted by molar-refractivity contribution is 5.81. The fourth-order valence-corrected chi connectivity index (χ4v) is 3.61. The molecule has 0 saturated heterocycles. The third kappa shape index (κ3) is 6.25. The molecule has 0 aliphatic heterocycles. The predicted molar refractivity (Wildman–Crippen MR) is 114 cm³/mol. The molecule has 27 heavy (non-hydrogen) atoms. The van der Waals surface area contributed by atoms with Crippen molar-refractivity contribution >= 4 is 11.5 Å². The molecule has 0 atom stereocenters. The van der Waals surface area contributed by atoms with Crippen LogP contribution in [0.25, 0.3) is 5.57 Å². The summed E-state index contributed by atoms with van der Waals surface area (Å²) >= 11 is 0. The summed E-state index contributed by atoms with van der Waals surface area (Å²) in [6.45, 7) is 8.67. The highest BCUT2D eigenvalue weighted by Crippen LogP contribution is 2.41. The van der Waals surface area contributed by atoms with E-state index in [9.17, 15) is 4.79 Å². The van der Waals surface area contributed by atoms with Gasteiger partial charge in [0.05, 0.1) is 0 Å². The number of allylic oxidation sites excluding steroid dienone is 9. The van der Waals surface area contributed by atoms with Crippen molar-refractivity contribution in [3.63, 3.8) is 0 Å². The Hall–Kier alpha value is -2.61. The molecule has 2 heteroatoms. The molecule has 0 unspecified atom stereocenters. The molecule has 2 nitrogen and oxygen atoms in total. The molecule has 0 bridgehead atoms. The van der Waals surface area contributed by atoms with Crippen molar-refractivity contribution < 1.29 is 9.90 Å². The van der Waals surface area contributed by atoms with E-state index in [0.29, 0.717) is 5.57 Å². The molecule has 1 aliphatic carbocycles. The highest BCUT2D eigenvalue weighted by atomic mass is 16.4. The minimum atomic E-state index is -0.925. The number of hydrogen-bond acceptors (Lipinski definition) is 1. The Balaban J connectivity index is 2.35. The van der Waals surface area contributed by atoms with Gasteiger partial charge in [0.2, 0.25) is 0 Å². The molecule has 0 heterocycles. The van der Waals surface area contributed by atoms with Gasteiger partial charge in [0.1, 0.15) is 0 Å². The van der Waals surface area contributed by atoms with E-state index >= 15 is 0 Å². The lowest BCUT2D eigenvalue weighted by Crippen LogP contribution is -2.19. The maximum absolute atomic E-state index is 10.8. The van der Waals surface area contributed by atoms with Crippen LogP contribution in [-0.2, 0) is 4.79 Å². The molecular weight excluding hydrogens is 332 g/mol. The van der Waals surface area contributed by atoms with Crippen molar-refractivity contribution in [3.8, 4) is 0 Å². The predicted octanol–water partition coefficient (Wildman–Crippen LogP) is 6.74. The molecule has 142 valence electrons. The van der Waals surface area contributed by atoms with E-state index in [-0.39, 0.29) is 5.41 Å². The third-order valence-electron chi connectivity index (χ3n) is 5.07. The van der Waals surface area contributed by atoms with Gasteiger partial charge in [-0.05, 0) is 60.8 Å². The summed E-state index contributed by atoms with van der Waals surface area (Å²) in [5, 5.41) is 8.83. The first-order chi connectivity index (χ1) is 12.8. The van der Waals surface area contributed by atoms with Crippen LogP contribution in [-0.4, -0.2) is 11.1 Å². The quantitative estimate of drug-likeness (QED) is 0.449. The van der Waals surface area contributed by atoms with Crippen LogP contribution < -0.4 is 0 Å². The van der Waals surface area contributed by atoms with Gasteiger partial charge in [-0.25, -0.2) is 4.79 Å². The summed E-state index contributed by atoms with van der Waals surface area (Å²) in [6.07, 6.45) is 15.1. The Morgan fingerprint density at radius 1 is 1.15 bits per heavy atom. The molecule has 0 radical (unpaired) electrons. The smallest absolute Gasteiger partial charge is 0.328 e. The van der Waals surface area contributed by atoms with Crippen LogP contribution in [0.2, 0.25) is 0 Å². The lowest BCUT2D eigenvalue weighted by Gasteiger charge is -2.33. The summed E-state index contributed by atoms with van der Waals surface area (Å²) in [5.41, 5.74) is 6.08. The molecule has 0 saturated carbocycles. The van der Waals surface area contributed by atoms with Gasteiger partial charge in [0.15, 0.2) is 0 Å². The van der Waals surface area contributed by atoms with Crippen molar-refractivity contribution in [2.75, 3.05) is 0 Å². The molecule has 0 aromatic heterocycles. The SMILES string of the molecule is CC1=C(/C=C/C(=C\C=C\C(C)=C\C(=O)O)c2ccccc2)C(C)(C)CCC1. The van der Waals surface area contributed by atoms with Crippen LogP contribution in [0.1, 0.15) is 52.5 Å². The average molecular weight is 363 g/mol. The van der Waals surface area contributed by atoms with Gasteiger partial charge in [-0.2, -0.15) is 0 Å². The van der Waals surface area contributed by atoms with Crippen LogP contribution in [0, 0.1) is 5.41 Å². The van der Waals surface area contributed by atoms with Crippen LogP contribution in [0.5, 0.6) is 0 Å². The Labute approximate surface area is 163 Å². The summed E-state index contributed by atoms with van der Waals surface area (Å²) in [4.78, 5) is 10.8. The largest absolute Gasteiger partial charge is 0.478 e. The number of carbonyl (C=O) groups is 1. The summed E-state index contributed by atoms with van der Waals surface area (Å²) in [5.74, 6) is -0.925. The fraction of sp³-hybridized carbons (Fsp3) is 0.320. The average Bonchev–Trinajstić information content (AvgIpc) is 2.59. The standard InChI is InChI=1S/C25H30O2/c1-19(18-24(26)27)10-8-14-22(21-12-6-5-7-13-21)15-16-23-20(2)11-9-17-25(23,3)4/h5-8,10,12-16,18H,9,11,17H2,1-4H3,(H,26,27)/b10-8+,16-15+,19-18+,22-14+. The van der Waals surface area contributed by atoms with E-state index in [1.165, 1.54) is 36.5 Å². The minimum absolute atomic E-state index is 0.206. The summed E-state index contributed by atoms with van der Waals surface area (Å²) < 4.78 is 0. The molecule has 1 N–H and O–H groups in total. The van der Waals surface area contributed by atoms with Gasteiger partial charge in [0, 0.05) is 6.08 Å². The van der Waals surface area contributed by atoms with E-state index in [1.54, 1.807) is 6.92 Å². The molecular formula is C25H30O2. The van der Waals surface area contributed by atoms with E-state index < -0.39 is 5.97 Å². The lowest BCUT2D eigenvalue weighted by atomic mass is 9.72. The van der Waals surface area contributed by atoms with E-state index in [1.807, 2.05) is 36.4 Å². The first-order valence-corrected chi connectivity index (χ1v) is 9.53. The normalized spacial score (nSPS) is 18.5. The zero-order valence-corrected chi connectivity index (χ0v) is 16.8.